The predicted octanol–water partition coefficient (Wildman–Crippen LogP) is 4.95. The van der Waals surface area contributed by atoms with Crippen molar-refractivity contribution in [3.8, 4) is 32.6 Å². The fourth-order valence-electron chi connectivity index (χ4n) is 2.90. The van der Waals surface area contributed by atoms with Crippen molar-refractivity contribution < 1.29 is 14.3 Å². The van der Waals surface area contributed by atoms with E-state index in [0.717, 1.165) is 38.3 Å². The number of anilines is 1. The van der Waals surface area contributed by atoms with Crippen molar-refractivity contribution >= 4 is 45.0 Å². The number of nitrogens with zero attached hydrogens (tertiary/aromatic N) is 2. The third-order valence-electron chi connectivity index (χ3n) is 4.21. The summed E-state index contributed by atoms with van der Waals surface area (Å²) in [5.74, 6) is 1.34. The Bertz CT molecular complexity index is 1150. The second kappa shape index (κ2) is 7.94. The molecule has 0 radical (unpaired) electrons. The van der Waals surface area contributed by atoms with Gasteiger partial charge in [-0.25, -0.2) is 9.97 Å². The molecule has 0 aliphatic carbocycles. The van der Waals surface area contributed by atoms with E-state index < -0.39 is 0 Å². The molecule has 1 aliphatic rings. The number of thiophene rings is 1. The number of thiazole rings is 2. The number of fused-ring (bicyclic) bond motifs is 1. The Labute approximate surface area is 178 Å². The summed E-state index contributed by atoms with van der Waals surface area (Å²) in [6.07, 6.45) is 0.223. The van der Waals surface area contributed by atoms with Gasteiger partial charge in [0, 0.05) is 16.3 Å². The number of carbonyl (C=O) groups is 1. The number of amides is 1. The van der Waals surface area contributed by atoms with Crippen molar-refractivity contribution in [1.82, 2.24) is 9.97 Å². The molecule has 0 unspecified atom stereocenters. The third kappa shape index (κ3) is 4.02. The Hall–Kier alpha value is -2.75. The molecule has 29 heavy (non-hydrogen) atoms. The fraction of sp³-hybridized carbons (Fsp3) is 0.150. The number of hydrogen-bond acceptors (Lipinski definition) is 8. The summed E-state index contributed by atoms with van der Waals surface area (Å²) in [5, 5.41) is 10.2. The quantitative estimate of drug-likeness (QED) is 0.474. The lowest BCUT2D eigenvalue weighted by molar-refractivity contribution is -0.115. The van der Waals surface area contributed by atoms with Gasteiger partial charge in [0.05, 0.1) is 22.7 Å². The summed E-state index contributed by atoms with van der Waals surface area (Å²) in [4.78, 5) is 22.6. The molecule has 6 nitrogen and oxygen atoms in total. The van der Waals surface area contributed by atoms with Crippen molar-refractivity contribution in [3.63, 3.8) is 0 Å². The number of rotatable bonds is 5. The Morgan fingerprint density at radius 2 is 1.93 bits per heavy atom. The van der Waals surface area contributed by atoms with Crippen LogP contribution in [0.2, 0.25) is 0 Å². The first-order chi connectivity index (χ1) is 14.2. The number of hydrogen-bond donors (Lipinski definition) is 1. The molecular weight excluding hydrogens is 426 g/mol. The van der Waals surface area contributed by atoms with Crippen molar-refractivity contribution in [2.75, 3.05) is 18.5 Å². The monoisotopic (exact) mass is 441 g/mol. The lowest BCUT2D eigenvalue weighted by Gasteiger charge is -2.18. The molecule has 1 aliphatic heterocycles. The highest BCUT2D eigenvalue weighted by molar-refractivity contribution is 7.20. The molecule has 1 amide bonds. The van der Waals surface area contributed by atoms with Crippen molar-refractivity contribution in [2.45, 2.75) is 6.42 Å². The molecule has 0 bridgehead atoms. The van der Waals surface area contributed by atoms with Crippen molar-refractivity contribution in [2.24, 2.45) is 0 Å². The summed E-state index contributed by atoms with van der Waals surface area (Å²) in [5.41, 5.74) is 2.47. The third-order valence-corrected chi connectivity index (χ3v) is 6.90. The highest BCUT2D eigenvalue weighted by Gasteiger charge is 2.15. The number of nitrogens with one attached hydrogen (secondary N) is 1. The van der Waals surface area contributed by atoms with E-state index in [9.17, 15) is 4.79 Å². The zero-order valence-corrected chi connectivity index (χ0v) is 17.5. The number of aromatic nitrogens is 2. The van der Waals surface area contributed by atoms with Crippen LogP contribution in [-0.2, 0) is 11.2 Å². The molecule has 0 atom stereocenters. The maximum atomic E-state index is 12.4. The maximum Gasteiger partial charge on any atom is 0.232 e. The smallest absolute Gasteiger partial charge is 0.232 e. The van der Waals surface area contributed by atoms with Gasteiger partial charge >= 0.3 is 0 Å². The largest absolute Gasteiger partial charge is 0.486 e. The highest BCUT2D eigenvalue weighted by Crippen LogP contribution is 2.35. The number of benzene rings is 1. The Kier molecular flexibility index (Phi) is 5.01. The predicted molar refractivity (Wildman–Crippen MR) is 116 cm³/mol. The highest BCUT2D eigenvalue weighted by atomic mass is 32.1. The van der Waals surface area contributed by atoms with Gasteiger partial charge in [-0.1, -0.05) is 6.07 Å². The zero-order chi connectivity index (χ0) is 19.6. The van der Waals surface area contributed by atoms with Crippen LogP contribution >= 0.6 is 34.0 Å². The molecular formula is C20H15N3O3S3. The minimum Gasteiger partial charge on any atom is -0.486 e. The molecule has 4 heterocycles. The van der Waals surface area contributed by atoms with Gasteiger partial charge in [0.2, 0.25) is 5.91 Å². The Morgan fingerprint density at radius 1 is 1.03 bits per heavy atom. The van der Waals surface area contributed by atoms with E-state index >= 15 is 0 Å². The van der Waals surface area contributed by atoms with E-state index in [-0.39, 0.29) is 12.3 Å². The summed E-state index contributed by atoms with van der Waals surface area (Å²) >= 11 is 4.59. The zero-order valence-electron chi connectivity index (χ0n) is 15.1. The fourth-order valence-corrected chi connectivity index (χ4v) is 5.27. The van der Waals surface area contributed by atoms with Crippen LogP contribution in [0.1, 0.15) is 5.69 Å². The number of carbonyl (C=O) groups excluding carboxylic acids is 1. The van der Waals surface area contributed by atoms with Gasteiger partial charge in [-0.2, -0.15) is 0 Å². The van der Waals surface area contributed by atoms with Gasteiger partial charge in [-0.3, -0.25) is 4.79 Å². The maximum absolute atomic E-state index is 12.4. The van der Waals surface area contributed by atoms with Gasteiger partial charge < -0.3 is 14.8 Å². The second-order valence-corrected chi connectivity index (χ2v) is 8.91. The van der Waals surface area contributed by atoms with E-state index in [4.69, 9.17) is 9.47 Å². The first-order valence-corrected chi connectivity index (χ1v) is 11.5. The molecule has 146 valence electrons. The molecule has 0 saturated heterocycles. The molecule has 1 aromatic carbocycles. The first-order valence-electron chi connectivity index (χ1n) is 8.88. The SMILES string of the molecule is O=C(Cc1csc(-c2cccs2)n1)Nc1nc(-c2ccc3c(c2)OCCO3)cs1. The van der Waals surface area contributed by atoms with Gasteiger partial charge in [0.25, 0.3) is 0 Å². The molecule has 5 rings (SSSR count). The molecule has 3 aromatic heterocycles. The van der Waals surface area contributed by atoms with E-state index in [1.165, 1.54) is 11.3 Å². The second-order valence-electron chi connectivity index (χ2n) is 6.24. The minimum atomic E-state index is -0.129. The summed E-state index contributed by atoms with van der Waals surface area (Å²) in [6, 6.07) is 9.76. The molecule has 9 heteroatoms. The topological polar surface area (TPSA) is 73.3 Å². The van der Waals surface area contributed by atoms with E-state index in [2.05, 4.69) is 15.3 Å². The molecule has 4 aromatic rings. The number of ether oxygens (including phenoxy) is 2. The minimum absolute atomic E-state index is 0.129. The van der Waals surface area contributed by atoms with Gasteiger partial charge in [0.15, 0.2) is 16.6 Å². The summed E-state index contributed by atoms with van der Waals surface area (Å²) < 4.78 is 11.2. The van der Waals surface area contributed by atoms with Crippen LogP contribution in [0, 0.1) is 0 Å². The van der Waals surface area contributed by atoms with Crippen LogP contribution < -0.4 is 14.8 Å². The average molecular weight is 442 g/mol. The summed E-state index contributed by atoms with van der Waals surface area (Å²) in [7, 11) is 0. The van der Waals surface area contributed by atoms with Crippen LogP contribution in [0.3, 0.4) is 0 Å². The average Bonchev–Trinajstić information content (AvgIpc) is 3.49. The molecule has 0 spiro atoms. The van der Waals surface area contributed by atoms with Crippen LogP contribution in [0.25, 0.3) is 21.1 Å². The Balaban J connectivity index is 1.25. The van der Waals surface area contributed by atoms with Crippen LogP contribution in [0.4, 0.5) is 5.13 Å². The first kappa shape index (κ1) is 18.3. The van der Waals surface area contributed by atoms with Gasteiger partial charge in [0.1, 0.15) is 18.2 Å². The van der Waals surface area contributed by atoms with Gasteiger partial charge in [-0.05, 0) is 29.6 Å². The van der Waals surface area contributed by atoms with Gasteiger partial charge in [-0.15, -0.1) is 34.0 Å². The standard InChI is InChI=1S/C20H15N3O3S3/c24-18(9-13-10-28-19(21-13)17-2-1-7-27-17)23-20-22-14(11-29-20)12-3-4-15-16(8-12)26-6-5-25-15/h1-4,7-8,10-11H,5-6,9H2,(H,22,23,24). The van der Waals surface area contributed by atoms with E-state index in [0.29, 0.717) is 18.3 Å². The van der Waals surface area contributed by atoms with Crippen molar-refractivity contribution in [3.05, 3.63) is 52.2 Å². The molecule has 0 fully saturated rings. The normalized spacial score (nSPS) is 12.7. The summed E-state index contributed by atoms with van der Waals surface area (Å²) in [6.45, 7) is 1.10. The van der Waals surface area contributed by atoms with Crippen LogP contribution in [-0.4, -0.2) is 29.1 Å². The Morgan fingerprint density at radius 3 is 2.79 bits per heavy atom. The lowest BCUT2D eigenvalue weighted by Crippen LogP contribution is -2.15. The van der Waals surface area contributed by atoms with E-state index in [1.807, 2.05) is 46.5 Å². The van der Waals surface area contributed by atoms with Crippen LogP contribution in [0.15, 0.2) is 46.5 Å². The molecule has 1 N–H and O–H groups in total. The van der Waals surface area contributed by atoms with E-state index in [1.54, 1.807) is 22.7 Å². The lowest BCUT2D eigenvalue weighted by atomic mass is 10.1. The molecule has 0 saturated carbocycles. The van der Waals surface area contributed by atoms with Crippen molar-refractivity contribution in [1.29, 1.82) is 0 Å². The van der Waals surface area contributed by atoms with Crippen LogP contribution in [0.5, 0.6) is 11.5 Å².